The average Bonchev–Trinajstić information content (AvgIpc) is 2.73. The van der Waals surface area contributed by atoms with Crippen molar-refractivity contribution in [2.45, 2.75) is 91.3 Å². The van der Waals surface area contributed by atoms with Gasteiger partial charge in [-0.2, -0.15) is 0 Å². The van der Waals surface area contributed by atoms with Crippen molar-refractivity contribution in [2.24, 2.45) is 27.8 Å². The Labute approximate surface area is 205 Å². The van der Waals surface area contributed by atoms with E-state index < -0.39 is 5.67 Å². The van der Waals surface area contributed by atoms with Crippen LogP contribution in [0.5, 0.6) is 0 Å². The zero-order valence-electron chi connectivity index (χ0n) is 21.7. The van der Waals surface area contributed by atoms with Gasteiger partial charge in [0.15, 0.2) is 0 Å². The molecule has 2 aliphatic carbocycles. The summed E-state index contributed by atoms with van der Waals surface area (Å²) < 4.78 is 15.6. The van der Waals surface area contributed by atoms with Gasteiger partial charge in [0.1, 0.15) is 5.67 Å². The maximum atomic E-state index is 15.6. The van der Waals surface area contributed by atoms with E-state index >= 15 is 4.39 Å². The van der Waals surface area contributed by atoms with Crippen molar-refractivity contribution in [3.8, 4) is 0 Å². The zero-order valence-corrected chi connectivity index (χ0v) is 21.7. The van der Waals surface area contributed by atoms with Crippen LogP contribution in [0.4, 0.5) is 15.8 Å². The first kappa shape index (κ1) is 26.1. The number of allylic oxidation sites excluding steroid dienone is 3. The van der Waals surface area contributed by atoms with Gasteiger partial charge in [-0.05, 0) is 67.7 Å². The monoisotopic (exact) mass is 466 g/mol. The van der Waals surface area contributed by atoms with Crippen molar-refractivity contribution >= 4 is 22.8 Å². The molecule has 0 radical (unpaired) electrons. The van der Waals surface area contributed by atoms with Crippen molar-refractivity contribution in [3.05, 3.63) is 53.8 Å². The largest absolute Gasteiger partial charge is 0.399 e. The second kappa shape index (κ2) is 9.97. The van der Waals surface area contributed by atoms with Crippen molar-refractivity contribution in [1.29, 1.82) is 0 Å². The summed E-state index contributed by atoms with van der Waals surface area (Å²) >= 11 is 0. The minimum atomic E-state index is -1.64. The first-order chi connectivity index (χ1) is 15.8. The molecule has 0 bridgehead atoms. The summed E-state index contributed by atoms with van der Waals surface area (Å²) in [7, 11) is 0. The lowest BCUT2D eigenvalue weighted by atomic mass is 9.70. The molecule has 0 spiro atoms. The number of hydrogen-bond acceptors (Lipinski definition) is 4. The summed E-state index contributed by atoms with van der Waals surface area (Å²) in [6, 6.07) is 6.37. The maximum Gasteiger partial charge on any atom is 0.150 e. The van der Waals surface area contributed by atoms with Gasteiger partial charge < -0.3 is 16.8 Å². The van der Waals surface area contributed by atoms with Gasteiger partial charge in [-0.3, -0.25) is 4.99 Å². The Morgan fingerprint density at radius 1 is 1.18 bits per heavy atom. The fourth-order valence-corrected chi connectivity index (χ4v) is 5.09. The van der Waals surface area contributed by atoms with Crippen molar-refractivity contribution < 1.29 is 4.39 Å². The van der Waals surface area contributed by atoms with Crippen LogP contribution in [0.1, 0.15) is 85.1 Å². The smallest absolute Gasteiger partial charge is 0.150 e. The van der Waals surface area contributed by atoms with Gasteiger partial charge in [-0.15, -0.1) is 0 Å². The standard InChI is InChI=1S/C29H43FN4/c1-18(2)29(7,30)27(32)26-19(3)16-28(5,6)17-25(26)34-22-13-14-23(20(4)31)24(15-22)33-21-11-9-8-10-12-21/h13-15,18,21,33H,3-4,8-12,16-17,31-32H2,1-2,5-7H3. The van der Waals surface area contributed by atoms with Gasteiger partial charge in [-0.25, -0.2) is 4.39 Å². The van der Waals surface area contributed by atoms with Crippen molar-refractivity contribution in [1.82, 2.24) is 0 Å². The van der Waals surface area contributed by atoms with Gasteiger partial charge in [0, 0.05) is 28.6 Å². The lowest BCUT2D eigenvalue weighted by Gasteiger charge is -2.37. The summed E-state index contributed by atoms with van der Waals surface area (Å²) in [5.41, 5.74) is 16.6. The van der Waals surface area contributed by atoms with Gasteiger partial charge in [0.2, 0.25) is 0 Å². The Morgan fingerprint density at radius 2 is 1.82 bits per heavy atom. The normalized spacial score (nSPS) is 23.6. The second-order valence-electron chi connectivity index (χ2n) is 11.4. The Hall–Kier alpha value is -2.56. The maximum absolute atomic E-state index is 15.6. The number of hydrogen-bond donors (Lipinski definition) is 3. The molecule has 3 rings (SSSR count). The molecule has 0 aliphatic heterocycles. The molecule has 0 saturated heterocycles. The molecular weight excluding hydrogens is 423 g/mol. The van der Waals surface area contributed by atoms with Crippen LogP contribution in [0.15, 0.2) is 53.2 Å². The molecule has 0 heterocycles. The van der Waals surface area contributed by atoms with Gasteiger partial charge in [0.25, 0.3) is 0 Å². The Kier molecular flexibility index (Phi) is 7.64. The lowest BCUT2D eigenvalue weighted by Crippen LogP contribution is -2.38. The molecule has 1 atom stereocenters. The molecule has 1 aromatic rings. The molecule has 0 amide bonds. The summed E-state index contributed by atoms with van der Waals surface area (Å²) in [5.74, 6) is -0.259. The predicted molar refractivity (Wildman–Crippen MR) is 145 cm³/mol. The third-order valence-electron chi connectivity index (χ3n) is 7.44. The molecule has 2 fully saturated rings. The molecule has 34 heavy (non-hydrogen) atoms. The second-order valence-corrected chi connectivity index (χ2v) is 11.4. The van der Waals surface area contributed by atoms with E-state index in [0.717, 1.165) is 47.5 Å². The molecule has 2 saturated carbocycles. The number of rotatable bonds is 6. The first-order valence-electron chi connectivity index (χ1n) is 12.6. The summed E-state index contributed by atoms with van der Waals surface area (Å²) in [6.07, 6.45) is 7.53. The molecule has 2 aliphatic rings. The number of nitrogens with two attached hydrogens (primary N) is 2. The Morgan fingerprint density at radius 3 is 2.41 bits per heavy atom. The van der Waals surface area contributed by atoms with E-state index in [-0.39, 0.29) is 17.0 Å². The minimum absolute atomic E-state index is 0.0289. The van der Waals surface area contributed by atoms with E-state index in [0.29, 0.717) is 23.7 Å². The fraction of sp³-hybridized carbons (Fsp3) is 0.552. The lowest BCUT2D eigenvalue weighted by molar-refractivity contribution is 0.165. The van der Waals surface area contributed by atoms with Crippen molar-refractivity contribution in [3.63, 3.8) is 0 Å². The summed E-state index contributed by atoms with van der Waals surface area (Å²) in [4.78, 5) is 5.03. The third kappa shape index (κ3) is 5.73. The van der Waals surface area contributed by atoms with Crippen LogP contribution in [-0.4, -0.2) is 17.4 Å². The number of aliphatic imine (C=N–C) groups is 1. The Balaban J connectivity index is 2.08. The quantitative estimate of drug-likeness (QED) is 0.408. The molecule has 1 aromatic carbocycles. The highest BCUT2D eigenvalue weighted by atomic mass is 19.1. The summed E-state index contributed by atoms with van der Waals surface area (Å²) in [6.45, 7) is 17.9. The van der Waals surface area contributed by atoms with E-state index in [9.17, 15) is 0 Å². The third-order valence-corrected chi connectivity index (χ3v) is 7.44. The van der Waals surface area contributed by atoms with Crippen LogP contribution in [-0.2, 0) is 0 Å². The number of anilines is 1. The van der Waals surface area contributed by atoms with Crippen LogP contribution in [0.25, 0.3) is 5.70 Å². The highest BCUT2D eigenvalue weighted by molar-refractivity contribution is 6.07. The molecule has 0 aromatic heterocycles. The van der Waals surface area contributed by atoms with Crippen LogP contribution >= 0.6 is 0 Å². The van der Waals surface area contributed by atoms with Gasteiger partial charge in [-0.1, -0.05) is 60.1 Å². The van der Waals surface area contributed by atoms with E-state index in [1.807, 2.05) is 32.0 Å². The van der Waals surface area contributed by atoms with Crippen molar-refractivity contribution in [2.75, 3.05) is 5.32 Å². The molecule has 186 valence electrons. The predicted octanol–water partition coefficient (Wildman–Crippen LogP) is 7.41. The number of benzene rings is 1. The van der Waals surface area contributed by atoms with Crippen LogP contribution in [0, 0.1) is 11.3 Å². The van der Waals surface area contributed by atoms with E-state index in [1.165, 1.54) is 19.3 Å². The molecular formula is C29H43FN4. The minimum Gasteiger partial charge on any atom is -0.399 e. The fourth-order valence-electron chi connectivity index (χ4n) is 5.09. The number of nitrogens with zero attached hydrogens (tertiary/aromatic N) is 1. The molecule has 5 N–H and O–H groups in total. The molecule has 5 heteroatoms. The zero-order chi connectivity index (χ0) is 25.3. The topological polar surface area (TPSA) is 76.4 Å². The van der Waals surface area contributed by atoms with E-state index in [2.05, 4.69) is 32.3 Å². The van der Waals surface area contributed by atoms with Gasteiger partial charge >= 0.3 is 0 Å². The van der Waals surface area contributed by atoms with Crippen LogP contribution in [0.3, 0.4) is 0 Å². The SMILES string of the molecule is C=C1CC(C)(C)CC(=Nc2ccc(C(=C)N)c(NC3CCCCC3)c2)C1=C(N)C(C)(F)C(C)C. The van der Waals surface area contributed by atoms with Gasteiger partial charge in [0.05, 0.1) is 17.1 Å². The highest BCUT2D eigenvalue weighted by Crippen LogP contribution is 2.43. The number of halogens is 1. The van der Waals surface area contributed by atoms with Crippen LogP contribution < -0.4 is 16.8 Å². The number of nitrogens with one attached hydrogen (secondary N) is 1. The number of alkyl halides is 1. The highest BCUT2D eigenvalue weighted by Gasteiger charge is 2.39. The van der Waals surface area contributed by atoms with E-state index in [1.54, 1.807) is 6.92 Å². The van der Waals surface area contributed by atoms with E-state index in [4.69, 9.17) is 16.5 Å². The van der Waals surface area contributed by atoms with Crippen LogP contribution in [0.2, 0.25) is 0 Å². The Bertz CT molecular complexity index is 1010. The molecule has 4 nitrogen and oxygen atoms in total. The average molecular weight is 467 g/mol. The first-order valence-corrected chi connectivity index (χ1v) is 12.6. The summed E-state index contributed by atoms with van der Waals surface area (Å²) in [5, 5.41) is 3.68. The molecule has 1 unspecified atom stereocenters.